The Labute approximate surface area is 861 Å². The van der Waals surface area contributed by atoms with Gasteiger partial charge in [0.2, 0.25) is 40.5 Å². The predicted octanol–water partition coefficient (Wildman–Crippen LogP) is 16.9. The van der Waals surface area contributed by atoms with Crippen LogP contribution in [0.2, 0.25) is 0 Å². The third kappa shape index (κ3) is 21.6. The lowest BCUT2D eigenvalue weighted by atomic mass is 9.84. The fourth-order valence-corrected chi connectivity index (χ4v) is 26.2. The molecule has 12 aliphatic rings. The Morgan fingerprint density at radius 3 is 0.836 bits per heavy atom. The van der Waals surface area contributed by atoms with Gasteiger partial charge in [0.15, 0.2) is 20.7 Å². The zero-order chi connectivity index (χ0) is 108. The molecule has 8 fully saturated rings. The number of hydrogen-bond acceptors (Lipinski definition) is 25. The average Bonchev–Trinajstić information content (AvgIpc) is 1.52. The van der Waals surface area contributed by atoms with E-state index >= 15 is 13.2 Å². The molecule has 20 rings (SSSR count). The average molecular weight is 2100 g/mol. The van der Waals surface area contributed by atoms with Crippen LogP contribution in [0, 0.1) is 73.2 Å². The molecular weight excluding hydrogens is 1980 g/mol. The molecule has 0 radical (unpaired) electrons. The van der Waals surface area contributed by atoms with Crippen LogP contribution in [0.15, 0.2) is 166 Å². The van der Waals surface area contributed by atoms with Crippen molar-refractivity contribution in [3.8, 4) is 0 Å². The molecule has 4 saturated carbocycles. The Balaban J connectivity index is 0.000000144. The summed E-state index contributed by atoms with van der Waals surface area (Å²) in [5, 5.41) is 53.5. The molecule has 8 aliphatic heterocycles. The molecule has 3 amide bonds. The van der Waals surface area contributed by atoms with Gasteiger partial charge in [-0.25, -0.2) is 54.5 Å². The second-order valence-corrected chi connectivity index (χ2v) is 45.4. The smallest absolute Gasteiger partial charge is 0.320 e. The number of aliphatic hydroxyl groups is 4. The summed E-state index contributed by atoms with van der Waals surface area (Å²) in [5.74, 6) is -7.35. The number of benzene rings is 4. The van der Waals surface area contributed by atoms with Crippen molar-refractivity contribution >= 4 is 172 Å². The van der Waals surface area contributed by atoms with Crippen molar-refractivity contribution in [1.29, 1.82) is 3.84 Å². The normalized spacial score (nSPS) is 31.2. The van der Waals surface area contributed by atoms with Crippen molar-refractivity contribution in [3.63, 3.8) is 0 Å². The van der Waals surface area contributed by atoms with Gasteiger partial charge in [0, 0.05) is 117 Å². The lowest BCUT2D eigenvalue weighted by Crippen LogP contribution is -2.46. The van der Waals surface area contributed by atoms with E-state index in [4.69, 9.17) is 58.2 Å². The predicted molar refractivity (Wildman–Crippen MR) is 555 cm³/mol. The SMILES string of the molecule is CC1(O)CCNC1.[3H]P([3H])[3H].[C-]#[N+]c1ccc(/C(F)=C/c2ccc(F)c([C@@]3(C)N=C(N)S[C@@]4(C(=O)N5CCC(C)(O)C5)C[C@H]43)c2)nc1.[C-]#[N+]c1ccc(/C(F)=C/c2ccc(F)c([C@@]3(C)N=C(N)S[C@@]4(C(=O)N5CC[C@@](C)(O)C5)C[C@H]43)c2)nc1.[C-]#[N+]c1ccc(/C(F)=C/c2ccc(F)c([C@@]3(C)N=C(N)S[C@@]4(C(=O)N5CC[C@](C)(O)C5)C[C@H]43)c2)nc1.[C-]#[N+]c1ccc(/C(F)=C/c2ccc(F)c([C@@]3(C)N=C(N)S[C@@]4(C(=O)O)C[C@H]43)c2)nc1. The monoisotopic (exact) mass is 2090 g/mol. The van der Waals surface area contributed by atoms with Crippen molar-refractivity contribution < 1.29 is 79.8 Å². The van der Waals surface area contributed by atoms with E-state index in [9.17, 15) is 61.6 Å². The molecule has 4 aromatic heterocycles. The molecular formula is C104H105F8N20O9PS4. The number of amidine groups is 4. The molecule has 42 heteroatoms. The van der Waals surface area contributed by atoms with Gasteiger partial charge in [0.1, 0.15) is 65.6 Å². The van der Waals surface area contributed by atoms with Gasteiger partial charge in [-0.05, 0) is 233 Å². The number of carboxylic acids is 1. The second kappa shape index (κ2) is 40.5. The zero-order valence-electron chi connectivity index (χ0n) is 83.3. The number of nitrogens with two attached hydrogens (primary N) is 4. The van der Waals surface area contributed by atoms with Crippen LogP contribution in [-0.2, 0) is 41.3 Å². The summed E-state index contributed by atoms with van der Waals surface area (Å²) in [5.41, 5.74) is 20.5. The number of rotatable bonds is 16. The molecule has 4 saturated heterocycles. The van der Waals surface area contributed by atoms with E-state index in [-0.39, 0.29) is 121 Å². The number of amides is 3. The van der Waals surface area contributed by atoms with Gasteiger partial charge in [-0.2, -0.15) is 9.73 Å². The Morgan fingerprint density at radius 2 is 0.644 bits per heavy atom. The minimum atomic E-state index is -1.87. The van der Waals surface area contributed by atoms with Gasteiger partial charge in [-0.3, -0.25) is 59.1 Å². The largest absolute Gasteiger partial charge is 0.480 e. The number of carboxylic acid groups (broad SMARTS) is 1. The molecule has 4 aliphatic carbocycles. The number of thioether (sulfide) groups is 4. The highest BCUT2D eigenvalue weighted by atomic mass is 32.2. The molecule has 4 aromatic carbocycles. The number of aliphatic imine (C=N–C) groups is 4. The van der Waals surface area contributed by atoms with Crippen LogP contribution in [0.1, 0.15) is 174 Å². The molecule has 8 aromatic rings. The van der Waals surface area contributed by atoms with Crippen molar-refractivity contribution in [2.45, 2.75) is 170 Å². The van der Waals surface area contributed by atoms with E-state index in [0.717, 1.165) is 31.3 Å². The van der Waals surface area contributed by atoms with E-state index in [1.807, 2.05) is 6.92 Å². The van der Waals surface area contributed by atoms with Crippen LogP contribution >= 0.6 is 56.8 Å². The molecule has 12 heterocycles. The number of aromatic nitrogens is 4. The molecule has 0 bridgehead atoms. The molecule has 29 nitrogen and oxygen atoms in total. The first-order valence-corrected chi connectivity index (χ1v) is 49.5. The molecule has 760 valence electrons. The lowest BCUT2D eigenvalue weighted by Gasteiger charge is -2.35. The molecule has 2 unspecified atom stereocenters. The van der Waals surface area contributed by atoms with E-state index in [2.05, 4.69) is 64.6 Å². The Kier molecular flexibility index (Phi) is 28.6. The second-order valence-electron chi connectivity index (χ2n) is 40.0. The van der Waals surface area contributed by atoms with Crippen LogP contribution in [0.5, 0.6) is 0 Å². The molecule has 14 N–H and O–H groups in total. The summed E-state index contributed by atoms with van der Waals surface area (Å²) in [6, 6.07) is 28.3. The zero-order valence-corrected chi connectivity index (χ0v) is 84.4. The number of β-amino-alcohol motifs (C(OH)–C–C–N with tert-alkyl or cyclic N) is 4. The molecule has 0 spiro atoms. The Morgan fingerprint density at radius 1 is 0.404 bits per heavy atom. The maximum Gasteiger partial charge on any atom is 0.320 e. The first-order valence-electron chi connectivity index (χ1n) is 47.6. The van der Waals surface area contributed by atoms with Crippen LogP contribution in [0.25, 0.3) is 67.0 Å². The van der Waals surface area contributed by atoms with Gasteiger partial charge in [0.25, 0.3) is 0 Å². The van der Waals surface area contributed by atoms with Crippen LogP contribution < -0.4 is 28.3 Å². The standard InChI is InChI=1S/3C26H25F2N5O2S.C21H16F2N4O2S.C5H11NO.H3P/c3*1-24(35)8-9-33(14-24)22(34)26-12-21(26)25(2,32-23(29)36-26)17-10-15(4-6-18(17)27)11-19(28)20-7-5-16(30-3)13-31-20;1-20(17-9-21(17,18(28)29)30-19(24)27-20)13-7-11(3-5-14(13)22)8-15(23)16-6-4-12(25-2)10-26-16;1-5(7)2-3-6-4-5;/h3*4-7,10-11,13,21,35H,8-9,12,14H2,1-2H3,(H2,29,32);3-8,10,17H,9H2,1H3,(H2,24,27)(H,28,29);6-7H,2-4H2,1H3;1H3/b3*19-11-;15-8-;;/t21-,24?,25+,26-;21-,24+,25+,26-;21-,24-,25+,26-;17-,20+,21-;;/m0000../s1/i;;;;;1T3. The summed E-state index contributed by atoms with van der Waals surface area (Å²) in [6.45, 7) is 45.6. The maximum absolute atomic E-state index is 15.2. The fraction of sp³-hybridized carbons (Fsp3) is 0.385. The molecule has 146 heavy (non-hydrogen) atoms. The summed E-state index contributed by atoms with van der Waals surface area (Å²) < 4.78 is 134. The third-order valence-corrected chi connectivity index (χ3v) is 33.8. The maximum atomic E-state index is 15.2. The van der Waals surface area contributed by atoms with Crippen LogP contribution in [0.3, 0.4) is 0 Å². The number of fused-ring (bicyclic) bond motifs is 4. The van der Waals surface area contributed by atoms with Gasteiger partial charge in [-0.1, -0.05) is 95.6 Å². The van der Waals surface area contributed by atoms with Gasteiger partial charge < -0.3 is 68.5 Å². The van der Waals surface area contributed by atoms with Crippen molar-refractivity contribution in [3.05, 3.63) is 282 Å². The van der Waals surface area contributed by atoms with Crippen molar-refractivity contribution in [2.75, 3.05) is 52.4 Å². The number of pyridine rings is 4. The number of aliphatic carboxylic acids is 1. The number of nitrogens with one attached hydrogen (secondary N) is 1. The highest BCUT2D eigenvalue weighted by molar-refractivity contribution is 8.16. The number of hydrogen-bond donors (Lipinski definition) is 10. The number of halogens is 8. The number of likely N-dealkylation sites (tertiary alicyclic amines) is 3. The summed E-state index contributed by atoms with van der Waals surface area (Å²) >= 11 is 4.61. The van der Waals surface area contributed by atoms with E-state index in [0.29, 0.717) is 110 Å². The van der Waals surface area contributed by atoms with Crippen LogP contribution in [0.4, 0.5) is 57.9 Å². The minimum absolute atomic E-state index is 0.0444. The quantitative estimate of drug-likeness (QED) is 0.0244. The summed E-state index contributed by atoms with van der Waals surface area (Å²) in [6.07, 6.45) is 14.2. The number of carbonyl (C=O) groups is 4. The Hall–Kier alpha value is -12.8. The van der Waals surface area contributed by atoms with Gasteiger partial charge in [0.05, 0.1) is 97.5 Å². The van der Waals surface area contributed by atoms with Gasteiger partial charge >= 0.3 is 5.97 Å². The highest BCUT2D eigenvalue weighted by Crippen LogP contribution is 2.71. The first-order chi connectivity index (χ1) is 70.0. The van der Waals surface area contributed by atoms with Crippen molar-refractivity contribution in [1.82, 2.24) is 40.0 Å². The van der Waals surface area contributed by atoms with Gasteiger partial charge in [-0.15, -0.1) is 0 Å². The summed E-state index contributed by atoms with van der Waals surface area (Å²) in [7, 11) is -1.87. The third-order valence-electron chi connectivity index (χ3n) is 28.7. The first kappa shape index (κ1) is 103. The topological polar surface area (TPSA) is 414 Å². The van der Waals surface area contributed by atoms with E-state index in [1.54, 1.807) is 63.2 Å². The number of nitrogens with zero attached hydrogens (tertiary/aromatic N) is 15. The molecule has 16 atom stereocenters. The highest BCUT2D eigenvalue weighted by Gasteiger charge is 2.76. The summed E-state index contributed by atoms with van der Waals surface area (Å²) in [4.78, 5) is 104. The van der Waals surface area contributed by atoms with Crippen molar-refractivity contribution in [2.24, 2.45) is 66.6 Å². The fourth-order valence-electron chi connectivity index (χ4n) is 20.5. The number of carbonyl (C=O) groups excluding carboxylic acids is 3. The van der Waals surface area contributed by atoms with Crippen LogP contribution in [-0.4, -0.2) is 202 Å². The van der Waals surface area contributed by atoms with E-state index < -0.39 is 132 Å². The Bertz CT molecular complexity index is 6620. The minimum Gasteiger partial charge on any atom is -0.480 e. The van der Waals surface area contributed by atoms with E-state index in [1.165, 1.54) is 206 Å². The lowest BCUT2D eigenvalue weighted by molar-refractivity contribution is -0.138.